The lowest BCUT2D eigenvalue weighted by Crippen LogP contribution is -2.29. The molecule has 1 atom stereocenters. The number of carbonyl (C=O) groups excluding carboxylic acids is 2. The molecule has 284 valence electrons. The molecule has 0 rings (SSSR count). The van der Waals surface area contributed by atoms with Crippen LogP contribution >= 0.6 is 7.82 Å². The highest BCUT2D eigenvalue weighted by molar-refractivity contribution is 7.46. The van der Waals surface area contributed by atoms with E-state index >= 15 is 0 Å². The van der Waals surface area contributed by atoms with Crippen molar-refractivity contribution in [2.75, 3.05) is 13.2 Å². The minimum atomic E-state index is -4.77. The van der Waals surface area contributed by atoms with E-state index in [9.17, 15) is 14.2 Å². The largest absolute Gasteiger partial charge is 0.469 e. The van der Waals surface area contributed by atoms with Crippen LogP contribution in [-0.4, -0.2) is 41.0 Å². The molecule has 0 aliphatic heterocycles. The number of rotatable bonds is 33. The molecule has 0 fully saturated rings. The number of allylic oxidation sites excluding steroid dienone is 14. The lowest BCUT2D eigenvalue weighted by molar-refractivity contribution is -0.161. The van der Waals surface area contributed by atoms with E-state index < -0.39 is 32.5 Å². The predicted octanol–water partition coefficient (Wildman–Crippen LogP) is 11.3. The number of phosphoric ester groups is 1. The zero-order chi connectivity index (χ0) is 36.8. The van der Waals surface area contributed by atoms with Gasteiger partial charge in [-0.3, -0.25) is 14.1 Å². The van der Waals surface area contributed by atoms with Crippen LogP contribution in [0.4, 0.5) is 0 Å². The number of esters is 2. The SMILES string of the molecule is CC/C=C\C/C=C\C/C=C\C/C=C\CCCCCCC(=O)OC[C@H](COP(=O)(O)O)OC(=O)CCCCCCC/C=C\C/C=C\C/C=C\CC. The second-order valence-corrected chi connectivity index (χ2v) is 13.4. The van der Waals surface area contributed by atoms with Crippen LogP contribution in [0.3, 0.4) is 0 Å². The average Bonchev–Trinajstić information content (AvgIpc) is 3.08. The van der Waals surface area contributed by atoms with Gasteiger partial charge in [-0.2, -0.15) is 0 Å². The molecule has 0 unspecified atom stereocenters. The summed E-state index contributed by atoms with van der Waals surface area (Å²) in [4.78, 5) is 42.7. The molecule has 2 N–H and O–H groups in total. The topological polar surface area (TPSA) is 119 Å². The minimum absolute atomic E-state index is 0.182. The Balaban J connectivity index is 4.06. The van der Waals surface area contributed by atoms with Crippen LogP contribution in [0.5, 0.6) is 0 Å². The smallest absolute Gasteiger partial charge is 0.462 e. The summed E-state index contributed by atoms with van der Waals surface area (Å²) in [6.45, 7) is 3.40. The number of phosphoric acid groups is 1. The minimum Gasteiger partial charge on any atom is -0.462 e. The normalized spacial score (nSPS) is 13.4. The lowest BCUT2D eigenvalue weighted by Gasteiger charge is -2.18. The van der Waals surface area contributed by atoms with Gasteiger partial charge >= 0.3 is 19.8 Å². The third-order valence-electron chi connectivity index (χ3n) is 7.41. The Morgan fingerprint density at radius 3 is 1.34 bits per heavy atom. The van der Waals surface area contributed by atoms with E-state index in [1.807, 2.05) is 0 Å². The molecule has 0 aliphatic rings. The second kappa shape index (κ2) is 36.0. The van der Waals surface area contributed by atoms with Crippen LogP contribution in [0, 0.1) is 0 Å². The Labute approximate surface area is 303 Å². The molecule has 0 spiro atoms. The molecule has 0 saturated heterocycles. The quantitative estimate of drug-likeness (QED) is 0.0298. The van der Waals surface area contributed by atoms with Gasteiger partial charge in [-0.15, -0.1) is 0 Å². The van der Waals surface area contributed by atoms with E-state index in [0.29, 0.717) is 12.8 Å². The van der Waals surface area contributed by atoms with Crippen molar-refractivity contribution in [3.05, 3.63) is 85.1 Å². The highest BCUT2D eigenvalue weighted by Crippen LogP contribution is 2.36. The summed E-state index contributed by atoms with van der Waals surface area (Å²) in [7, 11) is -4.77. The lowest BCUT2D eigenvalue weighted by atomic mass is 10.1. The maximum Gasteiger partial charge on any atom is 0.469 e. The van der Waals surface area contributed by atoms with Gasteiger partial charge in [0.1, 0.15) is 6.61 Å². The first-order chi connectivity index (χ1) is 24.3. The monoisotopic (exact) mass is 718 g/mol. The van der Waals surface area contributed by atoms with Crippen molar-refractivity contribution in [1.82, 2.24) is 0 Å². The van der Waals surface area contributed by atoms with Gasteiger partial charge in [-0.25, -0.2) is 4.57 Å². The number of ether oxygens (including phenoxy) is 2. The fourth-order valence-electron chi connectivity index (χ4n) is 4.67. The Morgan fingerprint density at radius 1 is 0.520 bits per heavy atom. The number of hydrogen-bond acceptors (Lipinski definition) is 6. The van der Waals surface area contributed by atoms with Crippen LogP contribution in [0.2, 0.25) is 0 Å². The molecule has 8 nitrogen and oxygen atoms in total. The van der Waals surface area contributed by atoms with Gasteiger partial charge in [0.15, 0.2) is 6.10 Å². The van der Waals surface area contributed by atoms with Crippen LogP contribution in [0.15, 0.2) is 85.1 Å². The van der Waals surface area contributed by atoms with Crippen LogP contribution < -0.4 is 0 Å². The van der Waals surface area contributed by atoms with Gasteiger partial charge in [0.05, 0.1) is 6.61 Å². The third-order valence-corrected chi connectivity index (χ3v) is 7.89. The summed E-state index contributed by atoms with van der Waals surface area (Å²) in [5, 5.41) is 0. The summed E-state index contributed by atoms with van der Waals surface area (Å²) in [5.41, 5.74) is 0. The van der Waals surface area contributed by atoms with Crippen molar-refractivity contribution < 1.29 is 37.9 Å². The summed E-state index contributed by atoms with van der Waals surface area (Å²) in [5.74, 6) is -0.942. The molecule has 0 aromatic rings. The first-order valence-electron chi connectivity index (χ1n) is 18.9. The Kier molecular flexibility index (Phi) is 34.0. The highest BCUT2D eigenvalue weighted by Gasteiger charge is 2.22. The van der Waals surface area contributed by atoms with E-state index in [1.54, 1.807) is 0 Å². The molecule has 0 heterocycles. The fourth-order valence-corrected chi connectivity index (χ4v) is 5.03. The number of carbonyl (C=O) groups is 2. The average molecular weight is 719 g/mol. The van der Waals surface area contributed by atoms with E-state index in [1.165, 1.54) is 0 Å². The second-order valence-electron chi connectivity index (χ2n) is 12.1. The number of hydrogen-bond donors (Lipinski definition) is 2. The third kappa shape index (κ3) is 38.0. The molecule has 0 aromatic heterocycles. The number of unbranched alkanes of at least 4 members (excludes halogenated alkanes) is 9. The molecule has 0 amide bonds. The molecule has 0 aliphatic carbocycles. The fraction of sp³-hybridized carbons (Fsp3) is 0.610. The first kappa shape index (κ1) is 47.2. The summed E-state index contributed by atoms with van der Waals surface area (Å²) < 4.78 is 26.3. The van der Waals surface area contributed by atoms with Crippen LogP contribution in [0.1, 0.15) is 142 Å². The highest BCUT2D eigenvalue weighted by atomic mass is 31.2. The molecular weight excluding hydrogens is 651 g/mol. The first-order valence-corrected chi connectivity index (χ1v) is 20.4. The summed E-state index contributed by atoms with van der Waals surface area (Å²) in [6, 6.07) is 0. The van der Waals surface area contributed by atoms with Gasteiger partial charge in [-0.1, -0.05) is 131 Å². The van der Waals surface area contributed by atoms with Gasteiger partial charge in [0.25, 0.3) is 0 Å². The molecule has 0 bridgehead atoms. The zero-order valence-electron chi connectivity index (χ0n) is 31.0. The predicted molar refractivity (Wildman–Crippen MR) is 207 cm³/mol. The maximum absolute atomic E-state index is 12.4. The van der Waals surface area contributed by atoms with Crippen LogP contribution in [-0.2, 0) is 28.2 Å². The van der Waals surface area contributed by atoms with Gasteiger partial charge in [-0.05, 0) is 83.5 Å². The molecule has 9 heteroatoms. The van der Waals surface area contributed by atoms with E-state index in [2.05, 4.69) is 103 Å². The summed E-state index contributed by atoms with van der Waals surface area (Å²) >= 11 is 0. The van der Waals surface area contributed by atoms with E-state index in [0.717, 1.165) is 103 Å². The van der Waals surface area contributed by atoms with Crippen LogP contribution in [0.25, 0.3) is 0 Å². The van der Waals surface area contributed by atoms with Crippen molar-refractivity contribution in [2.45, 2.75) is 148 Å². The van der Waals surface area contributed by atoms with Gasteiger partial charge in [0, 0.05) is 12.8 Å². The zero-order valence-corrected chi connectivity index (χ0v) is 31.9. The molecule has 0 radical (unpaired) electrons. The standard InChI is InChI=1S/C41H67O8P/c1-3-5-7-9-11-13-15-17-19-20-22-23-25-27-29-31-33-35-40(42)47-37-39(38-48-50(44,45)46)49-41(43)36-34-32-30-28-26-24-21-18-16-14-12-10-8-6-4-2/h5-8,11-14,17-19,21-23,39H,3-4,9-10,15-16,20,24-38H2,1-2H3,(H2,44,45,46)/b7-5-,8-6-,13-11-,14-12-,19-17-,21-18-,23-22-/t39-/m1/s1. The molecule has 0 saturated carbocycles. The molecule has 0 aromatic carbocycles. The maximum atomic E-state index is 12.4. The Bertz CT molecular complexity index is 1080. The van der Waals surface area contributed by atoms with Crippen molar-refractivity contribution in [2.24, 2.45) is 0 Å². The van der Waals surface area contributed by atoms with E-state index in [4.69, 9.17) is 19.3 Å². The van der Waals surface area contributed by atoms with Crippen molar-refractivity contribution in [1.29, 1.82) is 0 Å². The van der Waals surface area contributed by atoms with Crippen molar-refractivity contribution in [3.8, 4) is 0 Å². The summed E-state index contributed by atoms with van der Waals surface area (Å²) in [6.07, 6.45) is 47.3. The molecular formula is C41H67O8P. The van der Waals surface area contributed by atoms with Crippen molar-refractivity contribution >= 4 is 19.8 Å². The van der Waals surface area contributed by atoms with E-state index in [-0.39, 0.29) is 19.4 Å². The van der Waals surface area contributed by atoms with Gasteiger partial charge in [0.2, 0.25) is 0 Å². The molecule has 50 heavy (non-hydrogen) atoms. The van der Waals surface area contributed by atoms with Gasteiger partial charge < -0.3 is 19.3 Å². The van der Waals surface area contributed by atoms with Crippen molar-refractivity contribution in [3.63, 3.8) is 0 Å². The Hall–Kier alpha value is -2.77. The Morgan fingerprint density at radius 2 is 0.900 bits per heavy atom.